The number of amides is 3. The first-order valence-electron chi connectivity index (χ1n) is 13.7. The van der Waals surface area contributed by atoms with Crippen LogP contribution in [0, 0.1) is 5.82 Å². The minimum Gasteiger partial charge on any atom is -0.376 e. The van der Waals surface area contributed by atoms with Gasteiger partial charge in [-0.3, -0.25) is 14.4 Å². The minimum absolute atomic E-state index is 0.0640. The SMILES string of the molecule is O=C(CCCC(=O)N(C[C@@H]1CCCO1)[C@@H](C(=O)NC1CCCCC1)c1ccc(F)cc1)Nc1ccccn1. The molecule has 0 spiro atoms. The Hall–Kier alpha value is -3.33. The average Bonchev–Trinajstić information content (AvgIpc) is 3.44. The molecule has 2 fully saturated rings. The number of pyridine rings is 1. The summed E-state index contributed by atoms with van der Waals surface area (Å²) in [5.41, 5.74) is 0.555. The lowest BCUT2D eigenvalue weighted by Crippen LogP contribution is -2.49. The van der Waals surface area contributed by atoms with E-state index in [1.54, 1.807) is 41.4 Å². The molecule has 0 unspecified atom stereocenters. The maximum atomic E-state index is 13.8. The number of nitrogens with zero attached hydrogens (tertiary/aromatic N) is 2. The second-order valence-corrected chi connectivity index (χ2v) is 10.1. The summed E-state index contributed by atoms with van der Waals surface area (Å²) in [4.78, 5) is 45.3. The van der Waals surface area contributed by atoms with E-state index < -0.39 is 11.9 Å². The van der Waals surface area contributed by atoms with Crippen molar-refractivity contribution in [3.05, 3.63) is 60.0 Å². The molecule has 1 aromatic heterocycles. The summed E-state index contributed by atoms with van der Waals surface area (Å²) in [5.74, 6) is -0.676. The molecule has 2 aliphatic rings. The van der Waals surface area contributed by atoms with Gasteiger partial charge >= 0.3 is 0 Å². The first-order valence-corrected chi connectivity index (χ1v) is 13.7. The highest BCUT2D eigenvalue weighted by Crippen LogP contribution is 2.27. The van der Waals surface area contributed by atoms with Crippen LogP contribution in [-0.4, -0.2) is 52.9 Å². The van der Waals surface area contributed by atoms with Gasteiger partial charge in [0.15, 0.2) is 0 Å². The second-order valence-electron chi connectivity index (χ2n) is 10.1. The van der Waals surface area contributed by atoms with Crippen molar-refractivity contribution in [2.45, 2.75) is 82.4 Å². The molecule has 0 bridgehead atoms. The summed E-state index contributed by atoms with van der Waals surface area (Å²) in [5, 5.41) is 5.88. The molecule has 1 aliphatic heterocycles. The van der Waals surface area contributed by atoms with Crippen LogP contribution in [0.5, 0.6) is 0 Å². The standard InChI is InChI=1S/C29H37FN4O4/c30-22-16-14-21(15-17-22)28(29(37)32-23-8-2-1-3-9-23)34(20-24-10-7-19-38-24)27(36)13-6-12-26(35)33-25-11-4-5-18-31-25/h4-5,11,14-18,23-24,28H,1-3,6-10,12-13,19-20H2,(H,32,37)(H,31,33,35)/t24-,28+/m0/s1. The largest absolute Gasteiger partial charge is 0.376 e. The van der Waals surface area contributed by atoms with E-state index in [1.807, 2.05) is 0 Å². The molecule has 0 radical (unpaired) electrons. The molecular weight excluding hydrogens is 487 g/mol. The lowest BCUT2D eigenvalue weighted by atomic mass is 9.94. The van der Waals surface area contributed by atoms with Gasteiger partial charge in [-0.1, -0.05) is 37.5 Å². The minimum atomic E-state index is -0.906. The Bertz CT molecular complexity index is 1050. The number of hydrogen-bond donors (Lipinski definition) is 2. The van der Waals surface area contributed by atoms with E-state index in [9.17, 15) is 18.8 Å². The number of anilines is 1. The number of carbonyl (C=O) groups excluding carboxylic acids is 3. The van der Waals surface area contributed by atoms with Gasteiger partial charge in [-0.25, -0.2) is 9.37 Å². The van der Waals surface area contributed by atoms with Crippen LogP contribution in [0.25, 0.3) is 0 Å². The molecule has 2 heterocycles. The van der Waals surface area contributed by atoms with Gasteiger partial charge in [0.05, 0.1) is 6.10 Å². The van der Waals surface area contributed by atoms with Crippen molar-refractivity contribution in [3.63, 3.8) is 0 Å². The molecule has 9 heteroatoms. The lowest BCUT2D eigenvalue weighted by Gasteiger charge is -2.34. The molecule has 38 heavy (non-hydrogen) atoms. The molecule has 1 aromatic carbocycles. The van der Waals surface area contributed by atoms with Crippen LogP contribution in [0.3, 0.4) is 0 Å². The van der Waals surface area contributed by atoms with Gasteiger partial charge in [0.2, 0.25) is 17.7 Å². The number of hydrogen-bond acceptors (Lipinski definition) is 5. The zero-order valence-corrected chi connectivity index (χ0v) is 21.7. The Morgan fingerprint density at radius 2 is 1.79 bits per heavy atom. The third-order valence-electron chi connectivity index (χ3n) is 7.17. The first-order chi connectivity index (χ1) is 18.5. The van der Waals surface area contributed by atoms with Gasteiger partial charge in [0.1, 0.15) is 17.7 Å². The number of nitrogens with one attached hydrogen (secondary N) is 2. The summed E-state index contributed by atoms with van der Waals surface area (Å²) in [6.07, 6.45) is 8.78. The normalized spacial score (nSPS) is 18.5. The number of ether oxygens (including phenoxy) is 1. The van der Waals surface area contributed by atoms with Crippen LogP contribution in [0.15, 0.2) is 48.7 Å². The first kappa shape index (κ1) is 27.7. The summed E-state index contributed by atoms with van der Waals surface area (Å²) in [7, 11) is 0. The van der Waals surface area contributed by atoms with Gasteiger partial charge in [0, 0.05) is 38.2 Å². The Morgan fingerprint density at radius 1 is 1.00 bits per heavy atom. The molecule has 204 valence electrons. The lowest BCUT2D eigenvalue weighted by molar-refractivity contribution is -0.143. The smallest absolute Gasteiger partial charge is 0.247 e. The maximum absolute atomic E-state index is 13.8. The summed E-state index contributed by atoms with van der Waals surface area (Å²) in [6, 6.07) is 10.2. The van der Waals surface area contributed by atoms with Gasteiger partial charge in [0.25, 0.3) is 0 Å². The van der Waals surface area contributed by atoms with E-state index in [-0.39, 0.29) is 49.3 Å². The van der Waals surface area contributed by atoms with Crippen LogP contribution in [0.1, 0.15) is 75.8 Å². The van der Waals surface area contributed by atoms with Crippen molar-refractivity contribution in [2.75, 3.05) is 18.5 Å². The molecule has 1 saturated carbocycles. The fourth-order valence-corrected chi connectivity index (χ4v) is 5.19. The van der Waals surface area contributed by atoms with Crippen molar-refractivity contribution in [2.24, 2.45) is 0 Å². The summed E-state index contributed by atoms with van der Waals surface area (Å²) < 4.78 is 19.6. The Labute approximate surface area is 223 Å². The monoisotopic (exact) mass is 524 g/mol. The fourth-order valence-electron chi connectivity index (χ4n) is 5.19. The van der Waals surface area contributed by atoms with Crippen molar-refractivity contribution >= 4 is 23.5 Å². The third kappa shape index (κ3) is 8.08. The Kier molecular flexibility index (Phi) is 10.2. The molecule has 2 atom stereocenters. The molecule has 3 amide bonds. The van der Waals surface area contributed by atoms with Crippen LogP contribution in [0.4, 0.5) is 10.2 Å². The van der Waals surface area contributed by atoms with Crippen molar-refractivity contribution in [3.8, 4) is 0 Å². The Morgan fingerprint density at radius 3 is 2.47 bits per heavy atom. The van der Waals surface area contributed by atoms with Gasteiger partial charge in [-0.2, -0.15) is 0 Å². The summed E-state index contributed by atoms with van der Waals surface area (Å²) in [6.45, 7) is 0.884. The van der Waals surface area contributed by atoms with E-state index in [4.69, 9.17) is 4.74 Å². The van der Waals surface area contributed by atoms with E-state index in [1.165, 1.54) is 12.1 Å². The zero-order chi connectivity index (χ0) is 26.7. The number of halogens is 1. The van der Waals surface area contributed by atoms with Gasteiger partial charge in [-0.15, -0.1) is 0 Å². The quantitative estimate of drug-likeness (QED) is 0.450. The second kappa shape index (κ2) is 14.0. The van der Waals surface area contributed by atoms with Crippen LogP contribution >= 0.6 is 0 Å². The van der Waals surface area contributed by atoms with Gasteiger partial charge in [-0.05, 0) is 61.9 Å². The molecule has 2 N–H and O–H groups in total. The molecule has 1 aliphatic carbocycles. The molecule has 4 rings (SSSR count). The number of aromatic nitrogens is 1. The van der Waals surface area contributed by atoms with Crippen molar-refractivity contribution < 1.29 is 23.5 Å². The molecule has 8 nitrogen and oxygen atoms in total. The van der Waals surface area contributed by atoms with E-state index in [2.05, 4.69) is 15.6 Å². The topological polar surface area (TPSA) is 101 Å². The predicted molar refractivity (Wildman–Crippen MR) is 142 cm³/mol. The molecule has 2 aromatic rings. The Balaban J connectivity index is 1.48. The van der Waals surface area contributed by atoms with E-state index in [0.29, 0.717) is 24.4 Å². The van der Waals surface area contributed by atoms with E-state index >= 15 is 0 Å². The highest BCUT2D eigenvalue weighted by molar-refractivity contribution is 5.91. The fraction of sp³-hybridized carbons (Fsp3) is 0.517. The van der Waals surface area contributed by atoms with Crippen molar-refractivity contribution in [1.82, 2.24) is 15.2 Å². The van der Waals surface area contributed by atoms with Crippen LogP contribution in [0.2, 0.25) is 0 Å². The molecular formula is C29H37FN4O4. The highest BCUT2D eigenvalue weighted by atomic mass is 19.1. The molecule has 1 saturated heterocycles. The average molecular weight is 525 g/mol. The zero-order valence-electron chi connectivity index (χ0n) is 21.7. The maximum Gasteiger partial charge on any atom is 0.247 e. The highest BCUT2D eigenvalue weighted by Gasteiger charge is 2.35. The van der Waals surface area contributed by atoms with Crippen LogP contribution in [-0.2, 0) is 19.1 Å². The van der Waals surface area contributed by atoms with Crippen molar-refractivity contribution in [1.29, 1.82) is 0 Å². The number of rotatable bonds is 11. The van der Waals surface area contributed by atoms with Gasteiger partial charge < -0.3 is 20.3 Å². The number of benzene rings is 1. The van der Waals surface area contributed by atoms with Crippen LogP contribution < -0.4 is 10.6 Å². The number of carbonyl (C=O) groups is 3. The predicted octanol–water partition coefficient (Wildman–Crippen LogP) is 4.53. The summed E-state index contributed by atoms with van der Waals surface area (Å²) >= 11 is 0. The third-order valence-corrected chi connectivity index (χ3v) is 7.17. The van der Waals surface area contributed by atoms with E-state index in [0.717, 1.165) is 44.9 Å².